The van der Waals surface area contributed by atoms with Crippen molar-refractivity contribution in [2.45, 2.75) is 19.6 Å². The molecule has 124 valence electrons. The molecule has 0 radical (unpaired) electrons. The molecule has 1 aromatic heterocycles. The predicted molar refractivity (Wildman–Crippen MR) is 76.9 cm³/mol. The fourth-order valence-electron chi connectivity index (χ4n) is 1.87. The molecule has 2 aromatic rings. The second-order valence-electron chi connectivity index (χ2n) is 4.91. The topological polar surface area (TPSA) is 56.1 Å². The summed E-state index contributed by atoms with van der Waals surface area (Å²) in [6.07, 6.45) is -3.39. The first-order chi connectivity index (χ1) is 10.8. The third kappa shape index (κ3) is 5.32. The predicted octanol–water partition coefficient (Wildman–Crippen LogP) is 2.41. The van der Waals surface area contributed by atoms with E-state index in [4.69, 9.17) is 4.74 Å². The van der Waals surface area contributed by atoms with E-state index in [9.17, 15) is 18.0 Å². The van der Waals surface area contributed by atoms with E-state index in [0.29, 0.717) is 5.75 Å². The lowest BCUT2D eigenvalue weighted by atomic mass is 10.2. The van der Waals surface area contributed by atoms with Crippen LogP contribution in [0.15, 0.2) is 36.5 Å². The van der Waals surface area contributed by atoms with E-state index >= 15 is 0 Å². The van der Waals surface area contributed by atoms with Gasteiger partial charge in [-0.1, -0.05) is 12.1 Å². The summed E-state index contributed by atoms with van der Waals surface area (Å²) in [6.45, 7) is 2.18. The average Bonchev–Trinajstić information content (AvgIpc) is 2.92. The molecule has 0 fully saturated rings. The van der Waals surface area contributed by atoms with Gasteiger partial charge in [-0.3, -0.25) is 9.48 Å². The fraction of sp³-hybridized carbons (Fsp3) is 0.333. The highest BCUT2D eigenvalue weighted by molar-refractivity contribution is 5.75. The fourth-order valence-corrected chi connectivity index (χ4v) is 1.87. The number of hydrogen-bond acceptors (Lipinski definition) is 3. The monoisotopic (exact) mass is 327 g/mol. The lowest BCUT2D eigenvalue weighted by Crippen LogP contribution is -2.31. The summed E-state index contributed by atoms with van der Waals surface area (Å²) in [5.41, 5.74) is 0.0405. The van der Waals surface area contributed by atoms with Gasteiger partial charge in [-0.15, -0.1) is 0 Å². The van der Waals surface area contributed by atoms with E-state index in [1.54, 1.807) is 6.07 Å². The number of alkyl halides is 3. The number of halogens is 3. The number of ether oxygens (including phenoxy) is 1. The van der Waals surface area contributed by atoms with Crippen molar-refractivity contribution >= 4 is 5.91 Å². The molecule has 8 heteroatoms. The average molecular weight is 327 g/mol. The number of carbonyl (C=O) groups is 1. The number of amides is 1. The highest BCUT2D eigenvalue weighted by Crippen LogP contribution is 2.27. The minimum atomic E-state index is -4.51. The molecule has 5 nitrogen and oxygen atoms in total. The maximum absolute atomic E-state index is 12.4. The summed E-state index contributed by atoms with van der Waals surface area (Å²) in [4.78, 5) is 11.6. The van der Waals surface area contributed by atoms with Gasteiger partial charge in [0.2, 0.25) is 5.91 Å². The summed E-state index contributed by atoms with van der Waals surface area (Å²) in [6, 6.07) is 8.29. The van der Waals surface area contributed by atoms with Crippen molar-refractivity contribution in [3.8, 4) is 5.75 Å². The first-order valence-electron chi connectivity index (χ1n) is 6.91. The molecule has 1 N–H and O–H groups in total. The van der Waals surface area contributed by atoms with Crippen molar-refractivity contribution in [1.82, 2.24) is 15.1 Å². The van der Waals surface area contributed by atoms with Gasteiger partial charge in [-0.25, -0.2) is 0 Å². The van der Waals surface area contributed by atoms with Gasteiger partial charge in [0.15, 0.2) is 5.69 Å². The van der Waals surface area contributed by atoms with Gasteiger partial charge in [0.05, 0.1) is 6.54 Å². The Labute approximate surface area is 131 Å². The van der Waals surface area contributed by atoms with E-state index in [1.165, 1.54) is 0 Å². The van der Waals surface area contributed by atoms with Crippen LogP contribution in [0.1, 0.15) is 11.3 Å². The van der Waals surface area contributed by atoms with E-state index < -0.39 is 17.8 Å². The molecule has 0 saturated heterocycles. The largest absolute Gasteiger partial charge is 0.492 e. The number of hydrogen-bond donors (Lipinski definition) is 1. The highest BCUT2D eigenvalue weighted by atomic mass is 19.4. The molecule has 23 heavy (non-hydrogen) atoms. The summed E-state index contributed by atoms with van der Waals surface area (Å²) >= 11 is 0. The normalized spacial score (nSPS) is 11.3. The van der Waals surface area contributed by atoms with Crippen molar-refractivity contribution in [2.24, 2.45) is 0 Å². The number of nitrogens with one attached hydrogen (secondary N) is 1. The molecule has 1 heterocycles. The molecular formula is C15H16F3N3O2. The van der Waals surface area contributed by atoms with Crippen LogP contribution in [-0.4, -0.2) is 28.8 Å². The zero-order chi connectivity index (χ0) is 16.9. The standard InChI is InChI=1S/C15H16F3N3O2/c1-11-3-2-4-12(9-11)23-8-6-19-14(22)10-21-7-5-13(20-21)15(16,17)18/h2-5,7,9H,6,8,10H2,1H3,(H,19,22). The summed E-state index contributed by atoms with van der Waals surface area (Å²) in [5, 5.41) is 5.86. The Hall–Kier alpha value is -2.51. The summed E-state index contributed by atoms with van der Waals surface area (Å²) in [7, 11) is 0. The Morgan fingerprint density at radius 1 is 1.35 bits per heavy atom. The Balaban J connectivity index is 1.72. The molecule has 0 spiro atoms. The first kappa shape index (κ1) is 16.9. The van der Waals surface area contributed by atoms with Gasteiger partial charge in [-0.05, 0) is 30.7 Å². The van der Waals surface area contributed by atoms with Crippen molar-refractivity contribution in [1.29, 1.82) is 0 Å². The molecule has 1 aromatic carbocycles. The lowest BCUT2D eigenvalue weighted by Gasteiger charge is -2.08. The van der Waals surface area contributed by atoms with E-state index in [0.717, 1.165) is 22.5 Å². The van der Waals surface area contributed by atoms with Crippen molar-refractivity contribution in [3.05, 3.63) is 47.8 Å². The zero-order valence-corrected chi connectivity index (χ0v) is 12.4. The number of aryl methyl sites for hydroxylation is 1. The van der Waals surface area contributed by atoms with Crippen molar-refractivity contribution in [3.63, 3.8) is 0 Å². The minimum absolute atomic E-state index is 0.250. The SMILES string of the molecule is Cc1cccc(OCCNC(=O)Cn2ccc(C(F)(F)F)n2)c1. The number of rotatable bonds is 6. The first-order valence-corrected chi connectivity index (χ1v) is 6.91. The molecule has 0 aliphatic heterocycles. The van der Waals surface area contributed by atoms with Crippen LogP contribution >= 0.6 is 0 Å². The molecule has 0 saturated carbocycles. The minimum Gasteiger partial charge on any atom is -0.492 e. The number of aromatic nitrogens is 2. The Bertz CT molecular complexity index is 668. The van der Waals surface area contributed by atoms with Crippen LogP contribution in [-0.2, 0) is 17.5 Å². The Morgan fingerprint density at radius 3 is 2.78 bits per heavy atom. The molecular weight excluding hydrogens is 311 g/mol. The quantitative estimate of drug-likeness (QED) is 0.829. The third-order valence-corrected chi connectivity index (χ3v) is 2.92. The van der Waals surface area contributed by atoms with Crippen molar-refractivity contribution < 1.29 is 22.7 Å². The highest BCUT2D eigenvalue weighted by Gasteiger charge is 2.33. The van der Waals surface area contributed by atoms with Gasteiger partial charge in [-0.2, -0.15) is 18.3 Å². The summed E-state index contributed by atoms with van der Waals surface area (Å²) in [5.74, 6) is 0.260. The zero-order valence-electron chi connectivity index (χ0n) is 12.4. The van der Waals surface area contributed by atoms with E-state index in [-0.39, 0.29) is 19.7 Å². The summed E-state index contributed by atoms with van der Waals surface area (Å²) < 4.78 is 43.5. The van der Waals surface area contributed by atoms with Crippen LogP contribution in [0.25, 0.3) is 0 Å². The van der Waals surface area contributed by atoms with Crippen LogP contribution in [0.5, 0.6) is 5.75 Å². The van der Waals surface area contributed by atoms with E-state index in [1.807, 2.05) is 25.1 Å². The van der Waals surface area contributed by atoms with Gasteiger partial charge in [0, 0.05) is 6.20 Å². The molecule has 1 amide bonds. The Kier molecular flexibility index (Phi) is 5.25. The molecule has 0 aliphatic carbocycles. The van der Waals surface area contributed by atoms with Gasteiger partial charge < -0.3 is 10.1 Å². The van der Waals surface area contributed by atoms with E-state index in [2.05, 4.69) is 10.4 Å². The lowest BCUT2D eigenvalue weighted by molar-refractivity contribution is -0.141. The van der Waals surface area contributed by atoms with Gasteiger partial charge in [0.25, 0.3) is 0 Å². The third-order valence-electron chi connectivity index (χ3n) is 2.92. The maximum atomic E-state index is 12.4. The van der Waals surface area contributed by atoms with Crippen LogP contribution in [0, 0.1) is 6.92 Å². The van der Waals surface area contributed by atoms with Crippen LogP contribution in [0.3, 0.4) is 0 Å². The number of benzene rings is 1. The maximum Gasteiger partial charge on any atom is 0.435 e. The second-order valence-corrected chi connectivity index (χ2v) is 4.91. The van der Waals surface area contributed by atoms with Gasteiger partial charge in [0.1, 0.15) is 18.9 Å². The van der Waals surface area contributed by atoms with Crippen LogP contribution in [0.4, 0.5) is 13.2 Å². The smallest absolute Gasteiger partial charge is 0.435 e. The number of nitrogens with zero attached hydrogens (tertiary/aromatic N) is 2. The number of carbonyl (C=O) groups excluding carboxylic acids is 1. The molecule has 2 rings (SSSR count). The molecule has 0 bridgehead atoms. The molecule has 0 atom stereocenters. The van der Waals surface area contributed by atoms with Crippen LogP contribution < -0.4 is 10.1 Å². The van der Waals surface area contributed by atoms with Crippen molar-refractivity contribution in [2.75, 3.05) is 13.2 Å². The van der Waals surface area contributed by atoms with Crippen LogP contribution in [0.2, 0.25) is 0 Å². The van der Waals surface area contributed by atoms with Gasteiger partial charge >= 0.3 is 6.18 Å². The molecule has 0 aliphatic rings. The second kappa shape index (κ2) is 7.17. The Morgan fingerprint density at radius 2 is 2.13 bits per heavy atom. The molecule has 0 unspecified atom stereocenters.